The van der Waals surface area contributed by atoms with E-state index >= 15 is 0 Å². The molecule has 0 radical (unpaired) electrons. The van der Waals surface area contributed by atoms with Crippen LogP contribution < -0.4 is 10.6 Å². The van der Waals surface area contributed by atoms with Gasteiger partial charge in [0.15, 0.2) is 0 Å². The van der Waals surface area contributed by atoms with Crippen LogP contribution in [0.25, 0.3) is 0 Å². The number of nitrogens with two attached hydrogens (primary N) is 1. The zero-order valence-electron chi connectivity index (χ0n) is 11.4. The molecule has 19 heavy (non-hydrogen) atoms. The van der Waals surface area contributed by atoms with Crippen molar-refractivity contribution in [3.05, 3.63) is 22.8 Å². The number of halogens is 1. The first kappa shape index (κ1) is 14.8. The van der Waals surface area contributed by atoms with Gasteiger partial charge in [0.05, 0.1) is 0 Å². The van der Waals surface area contributed by atoms with E-state index in [4.69, 9.17) is 5.73 Å². The zero-order chi connectivity index (χ0) is 13.5. The summed E-state index contributed by atoms with van der Waals surface area (Å²) in [7, 11) is 0. The minimum absolute atomic E-state index is 0.808. The predicted molar refractivity (Wildman–Crippen MR) is 83.5 cm³/mol. The second-order valence-corrected chi connectivity index (χ2v) is 5.93. The van der Waals surface area contributed by atoms with Crippen LogP contribution in [0, 0.1) is 0 Å². The third-order valence-corrected chi connectivity index (χ3v) is 4.02. The quantitative estimate of drug-likeness (QED) is 0.841. The van der Waals surface area contributed by atoms with E-state index in [1.807, 2.05) is 6.20 Å². The Bertz CT molecular complexity index is 368. The molecule has 1 aliphatic heterocycles. The summed E-state index contributed by atoms with van der Waals surface area (Å²) in [6, 6.07) is 4.15. The van der Waals surface area contributed by atoms with E-state index in [9.17, 15) is 0 Å². The first-order chi connectivity index (χ1) is 9.29. The van der Waals surface area contributed by atoms with Gasteiger partial charge in [-0.1, -0.05) is 0 Å². The number of hydrogen-bond donors (Lipinski definition) is 1. The Balaban J connectivity index is 1.84. The molecule has 0 unspecified atom stereocenters. The summed E-state index contributed by atoms with van der Waals surface area (Å²) >= 11 is 3.43. The molecule has 1 aromatic heterocycles. The van der Waals surface area contributed by atoms with E-state index in [0.717, 1.165) is 42.9 Å². The Morgan fingerprint density at radius 3 is 2.79 bits per heavy atom. The number of unbranched alkanes of at least 4 members (excludes halogenated alkanes) is 1. The summed E-state index contributed by atoms with van der Waals surface area (Å²) in [6.07, 6.45) is 5.43. The Kier molecular flexibility index (Phi) is 6.07. The number of anilines is 1. The van der Waals surface area contributed by atoms with Crippen LogP contribution in [0.4, 0.5) is 5.82 Å². The highest BCUT2D eigenvalue weighted by atomic mass is 79.9. The maximum atomic E-state index is 5.55. The van der Waals surface area contributed by atoms with E-state index < -0.39 is 0 Å². The molecular formula is C14H23BrN4. The van der Waals surface area contributed by atoms with Crippen molar-refractivity contribution in [2.75, 3.05) is 44.2 Å². The first-order valence-electron chi connectivity index (χ1n) is 7.08. The zero-order valence-corrected chi connectivity index (χ0v) is 13.0. The Morgan fingerprint density at radius 2 is 2.05 bits per heavy atom. The van der Waals surface area contributed by atoms with E-state index in [2.05, 4.69) is 42.8 Å². The average molecular weight is 327 g/mol. The fourth-order valence-electron chi connectivity index (χ4n) is 2.46. The topological polar surface area (TPSA) is 45.4 Å². The van der Waals surface area contributed by atoms with Crippen molar-refractivity contribution >= 4 is 21.7 Å². The molecule has 2 N–H and O–H groups in total. The predicted octanol–water partition coefficient (Wildman–Crippen LogP) is 2.10. The van der Waals surface area contributed by atoms with Crippen LogP contribution in [-0.2, 0) is 0 Å². The highest BCUT2D eigenvalue weighted by molar-refractivity contribution is 9.10. The summed E-state index contributed by atoms with van der Waals surface area (Å²) < 4.78 is 1.04. The van der Waals surface area contributed by atoms with Crippen LogP contribution in [0.3, 0.4) is 0 Å². The summed E-state index contributed by atoms with van der Waals surface area (Å²) in [6.45, 7) is 6.47. The molecule has 0 saturated carbocycles. The molecule has 0 bridgehead atoms. The molecule has 0 atom stereocenters. The van der Waals surface area contributed by atoms with Gasteiger partial charge in [0.25, 0.3) is 0 Å². The van der Waals surface area contributed by atoms with Crippen molar-refractivity contribution in [3.63, 3.8) is 0 Å². The monoisotopic (exact) mass is 326 g/mol. The first-order valence-corrected chi connectivity index (χ1v) is 7.88. The Morgan fingerprint density at radius 1 is 1.16 bits per heavy atom. The van der Waals surface area contributed by atoms with Gasteiger partial charge in [0.2, 0.25) is 0 Å². The van der Waals surface area contributed by atoms with Gasteiger partial charge in [-0.3, -0.25) is 0 Å². The van der Waals surface area contributed by atoms with E-state index in [1.165, 1.54) is 25.9 Å². The Hall–Kier alpha value is -0.650. The normalized spacial score (nSPS) is 17.5. The van der Waals surface area contributed by atoms with Crippen LogP contribution in [0.5, 0.6) is 0 Å². The number of hydrogen-bond acceptors (Lipinski definition) is 4. The Labute approximate surface area is 124 Å². The summed E-state index contributed by atoms with van der Waals surface area (Å²) in [5, 5.41) is 0. The standard InChI is InChI=1S/C14H23BrN4/c15-13-4-5-14(17-12-13)19-9-3-8-18(10-11-19)7-2-1-6-16/h4-5,12H,1-3,6-11,16H2. The molecule has 2 rings (SSSR count). The number of rotatable bonds is 5. The molecule has 0 spiro atoms. The van der Waals surface area contributed by atoms with E-state index in [1.54, 1.807) is 0 Å². The summed E-state index contributed by atoms with van der Waals surface area (Å²) in [4.78, 5) is 9.42. The number of pyridine rings is 1. The maximum Gasteiger partial charge on any atom is 0.128 e. The number of aromatic nitrogens is 1. The molecule has 0 aromatic carbocycles. The lowest BCUT2D eigenvalue weighted by Gasteiger charge is -2.22. The summed E-state index contributed by atoms with van der Waals surface area (Å²) in [5.41, 5.74) is 5.55. The fourth-order valence-corrected chi connectivity index (χ4v) is 2.69. The van der Waals surface area contributed by atoms with Crippen molar-refractivity contribution in [2.24, 2.45) is 5.73 Å². The lowest BCUT2D eigenvalue weighted by atomic mass is 10.3. The number of nitrogens with zero attached hydrogens (tertiary/aromatic N) is 3. The SMILES string of the molecule is NCCCCN1CCCN(c2ccc(Br)cn2)CC1. The third-order valence-electron chi connectivity index (χ3n) is 3.55. The van der Waals surface area contributed by atoms with Crippen LogP contribution in [0.2, 0.25) is 0 Å². The van der Waals surface area contributed by atoms with E-state index in [-0.39, 0.29) is 0 Å². The van der Waals surface area contributed by atoms with Crippen molar-refractivity contribution in [1.82, 2.24) is 9.88 Å². The average Bonchev–Trinajstić information content (AvgIpc) is 2.66. The highest BCUT2D eigenvalue weighted by Gasteiger charge is 2.15. The van der Waals surface area contributed by atoms with Crippen molar-refractivity contribution in [3.8, 4) is 0 Å². The molecule has 4 nitrogen and oxygen atoms in total. The van der Waals surface area contributed by atoms with Gasteiger partial charge >= 0.3 is 0 Å². The third kappa shape index (κ3) is 4.75. The molecule has 106 valence electrons. The fraction of sp³-hybridized carbons (Fsp3) is 0.643. The summed E-state index contributed by atoms with van der Waals surface area (Å²) in [5.74, 6) is 1.09. The molecule has 1 aromatic rings. The molecular weight excluding hydrogens is 304 g/mol. The second-order valence-electron chi connectivity index (χ2n) is 5.01. The molecule has 2 heterocycles. The maximum absolute atomic E-state index is 5.55. The lowest BCUT2D eigenvalue weighted by Crippen LogP contribution is -2.31. The molecule has 0 aliphatic carbocycles. The van der Waals surface area contributed by atoms with Crippen LogP contribution in [0.15, 0.2) is 22.8 Å². The highest BCUT2D eigenvalue weighted by Crippen LogP contribution is 2.16. The van der Waals surface area contributed by atoms with E-state index in [0.29, 0.717) is 0 Å². The van der Waals surface area contributed by atoms with Crippen LogP contribution in [0.1, 0.15) is 19.3 Å². The molecule has 1 aliphatic rings. The smallest absolute Gasteiger partial charge is 0.128 e. The van der Waals surface area contributed by atoms with Crippen LogP contribution >= 0.6 is 15.9 Å². The van der Waals surface area contributed by atoms with Gasteiger partial charge in [-0.2, -0.15) is 0 Å². The molecule has 5 heteroatoms. The van der Waals surface area contributed by atoms with Gasteiger partial charge in [0.1, 0.15) is 5.82 Å². The molecule has 0 amide bonds. The molecule has 1 fully saturated rings. The van der Waals surface area contributed by atoms with Gasteiger partial charge in [0, 0.05) is 30.3 Å². The largest absolute Gasteiger partial charge is 0.355 e. The van der Waals surface area contributed by atoms with Crippen LogP contribution in [-0.4, -0.2) is 49.2 Å². The minimum Gasteiger partial charge on any atom is -0.355 e. The second kappa shape index (κ2) is 7.82. The van der Waals surface area contributed by atoms with Gasteiger partial charge < -0.3 is 15.5 Å². The van der Waals surface area contributed by atoms with Crippen molar-refractivity contribution in [2.45, 2.75) is 19.3 Å². The van der Waals surface area contributed by atoms with Gasteiger partial charge in [-0.25, -0.2) is 4.98 Å². The lowest BCUT2D eigenvalue weighted by molar-refractivity contribution is 0.288. The van der Waals surface area contributed by atoms with Crippen molar-refractivity contribution in [1.29, 1.82) is 0 Å². The van der Waals surface area contributed by atoms with Gasteiger partial charge in [-0.05, 0) is 67.0 Å². The van der Waals surface area contributed by atoms with Gasteiger partial charge in [-0.15, -0.1) is 0 Å². The van der Waals surface area contributed by atoms with Crippen molar-refractivity contribution < 1.29 is 0 Å². The molecule has 1 saturated heterocycles. The minimum atomic E-state index is 0.808.